The highest BCUT2D eigenvalue weighted by Gasteiger charge is 2.17. The summed E-state index contributed by atoms with van der Waals surface area (Å²) in [5.41, 5.74) is 5.38. The van der Waals surface area contributed by atoms with Crippen LogP contribution >= 0.6 is 0 Å². The molecule has 27 heavy (non-hydrogen) atoms. The number of aromatic amines is 1. The van der Waals surface area contributed by atoms with E-state index >= 15 is 0 Å². The van der Waals surface area contributed by atoms with E-state index in [-0.39, 0.29) is 0 Å². The van der Waals surface area contributed by atoms with Crippen molar-refractivity contribution in [1.82, 2.24) is 4.98 Å². The maximum Gasteiger partial charge on any atom is 0.262 e. The molecule has 0 aliphatic carbocycles. The lowest BCUT2D eigenvalue weighted by Gasteiger charge is -2.11. The van der Waals surface area contributed by atoms with Crippen LogP contribution in [0.3, 0.4) is 0 Å². The number of nitrogens with one attached hydrogen (secondary N) is 2. The molecule has 4 rings (SSSR count). The lowest BCUT2D eigenvalue weighted by molar-refractivity contribution is 0.600. The summed E-state index contributed by atoms with van der Waals surface area (Å²) in [7, 11) is -3.62. The van der Waals surface area contributed by atoms with Gasteiger partial charge in [0.1, 0.15) is 0 Å². The van der Waals surface area contributed by atoms with Crippen LogP contribution in [0.1, 0.15) is 11.1 Å². The summed E-state index contributed by atoms with van der Waals surface area (Å²) >= 11 is 0. The van der Waals surface area contributed by atoms with Crippen LogP contribution < -0.4 is 4.72 Å². The molecule has 0 spiro atoms. The molecule has 2 N–H and O–H groups in total. The number of rotatable bonds is 4. The highest BCUT2D eigenvalue weighted by atomic mass is 32.2. The van der Waals surface area contributed by atoms with Gasteiger partial charge in [0.2, 0.25) is 0 Å². The number of para-hydroxylation sites is 1. The molecule has 4 nitrogen and oxygen atoms in total. The minimum Gasteiger partial charge on any atom is -0.355 e. The van der Waals surface area contributed by atoms with Gasteiger partial charge in [0, 0.05) is 22.3 Å². The number of aromatic nitrogens is 1. The normalized spacial score (nSPS) is 11.6. The molecule has 136 valence electrons. The lowest BCUT2D eigenvalue weighted by atomic mass is 10.1. The Morgan fingerprint density at radius 1 is 0.852 bits per heavy atom. The first-order valence-corrected chi connectivity index (χ1v) is 10.2. The highest BCUT2D eigenvalue weighted by molar-refractivity contribution is 7.92. The standard InChI is InChI=1S/C22H20N2O2S/c1-15-7-12-22(16(2)13-15)27(25,26)24-19-10-8-17(9-11-19)21-14-18-5-3-4-6-20(18)23-21/h3-14,23-24H,1-2H3. The molecule has 1 aromatic heterocycles. The van der Waals surface area contributed by atoms with Gasteiger partial charge in [0.25, 0.3) is 10.0 Å². The van der Waals surface area contributed by atoms with Gasteiger partial charge in [-0.3, -0.25) is 4.72 Å². The number of sulfonamides is 1. The van der Waals surface area contributed by atoms with E-state index in [1.165, 1.54) is 0 Å². The number of benzene rings is 3. The van der Waals surface area contributed by atoms with E-state index in [0.29, 0.717) is 10.6 Å². The van der Waals surface area contributed by atoms with Crippen molar-refractivity contribution in [3.05, 3.63) is 83.9 Å². The van der Waals surface area contributed by atoms with Crippen LogP contribution in [0, 0.1) is 13.8 Å². The molecule has 0 atom stereocenters. The van der Waals surface area contributed by atoms with Crippen molar-refractivity contribution >= 4 is 26.6 Å². The zero-order valence-corrected chi connectivity index (χ0v) is 16.0. The van der Waals surface area contributed by atoms with Gasteiger partial charge in [-0.05, 0) is 55.3 Å². The molecule has 0 amide bonds. The van der Waals surface area contributed by atoms with Crippen molar-refractivity contribution in [3.8, 4) is 11.3 Å². The molecule has 0 bridgehead atoms. The first-order valence-electron chi connectivity index (χ1n) is 8.71. The first-order chi connectivity index (χ1) is 12.9. The maximum atomic E-state index is 12.7. The van der Waals surface area contributed by atoms with Crippen LogP contribution in [0.15, 0.2) is 77.7 Å². The number of hydrogen-bond donors (Lipinski definition) is 2. The molecule has 0 aliphatic heterocycles. The molecule has 3 aromatic carbocycles. The Labute approximate surface area is 158 Å². The van der Waals surface area contributed by atoms with Crippen LogP contribution in [0.2, 0.25) is 0 Å². The average Bonchev–Trinajstić information content (AvgIpc) is 3.05. The zero-order valence-electron chi connectivity index (χ0n) is 15.2. The fourth-order valence-electron chi connectivity index (χ4n) is 3.26. The number of H-pyrrole nitrogens is 1. The summed E-state index contributed by atoms with van der Waals surface area (Å²) in [4.78, 5) is 3.68. The summed E-state index contributed by atoms with van der Waals surface area (Å²) in [6.45, 7) is 3.75. The smallest absolute Gasteiger partial charge is 0.262 e. The first kappa shape index (κ1) is 17.4. The zero-order chi connectivity index (χ0) is 19.0. The predicted molar refractivity (Wildman–Crippen MR) is 110 cm³/mol. The third-order valence-electron chi connectivity index (χ3n) is 4.60. The second kappa shape index (κ2) is 6.59. The van der Waals surface area contributed by atoms with Crippen molar-refractivity contribution in [3.63, 3.8) is 0 Å². The van der Waals surface area contributed by atoms with Crippen LogP contribution in [0.25, 0.3) is 22.2 Å². The van der Waals surface area contributed by atoms with Crippen molar-refractivity contribution in [1.29, 1.82) is 0 Å². The Morgan fingerprint density at radius 3 is 2.30 bits per heavy atom. The second-order valence-electron chi connectivity index (χ2n) is 6.72. The Balaban J connectivity index is 1.60. The fourth-order valence-corrected chi connectivity index (χ4v) is 4.54. The van der Waals surface area contributed by atoms with Crippen LogP contribution in [-0.2, 0) is 10.0 Å². The number of aryl methyl sites for hydroxylation is 2. The summed E-state index contributed by atoms with van der Waals surface area (Å²) in [5.74, 6) is 0. The molecule has 0 radical (unpaired) electrons. The van der Waals surface area contributed by atoms with Crippen LogP contribution in [-0.4, -0.2) is 13.4 Å². The average molecular weight is 376 g/mol. The quantitative estimate of drug-likeness (QED) is 0.511. The van der Waals surface area contributed by atoms with Gasteiger partial charge in [-0.25, -0.2) is 8.42 Å². The minimum atomic E-state index is -3.62. The van der Waals surface area contributed by atoms with Gasteiger partial charge in [0.15, 0.2) is 0 Å². The van der Waals surface area contributed by atoms with Gasteiger partial charge in [0.05, 0.1) is 4.90 Å². The van der Waals surface area contributed by atoms with Gasteiger partial charge in [-0.15, -0.1) is 0 Å². The molecule has 0 fully saturated rings. The van der Waals surface area contributed by atoms with E-state index < -0.39 is 10.0 Å². The molecule has 0 aliphatic rings. The SMILES string of the molecule is Cc1ccc(S(=O)(=O)Nc2ccc(-c3cc4ccccc4[nH]3)cc2)c(C)c1. The molecule has 0 unspecified atom stereocenters. The van der Waals surface area contributed by atoms with Crippen LogP contribution in [0.4, 0.5) is 5.69 Å². The third-order valence-corrected chi connectivity index (χ3v) is 6.14. The molecule has 1 heterocycles. The van der Waals surface area contributed by atoms with E-state index in [2.05, 4.69) is 21.8 Å². The van der Waals surface area contributed by atoms with E-state index in [9.17, 15) is 8.42 Å². The molecule has 0 saturated heterocycles. The summed E-state index contributed by atoms with van der Waals surface area (Å²) < 4.78 is 28.0. The van der Waals surface area contributed by atoms with Gasteiger partial charge < -0.3 is 4.98 Å². The monoisotopic (exact) mass is 376 g/mol. The molecule has 0 saturated carbocycles. The predicted octanol–water partition coefficient (Wildman–Crippen LogP) is 5.25. The molecular formula is C22H20N2O2S. The second-order valence-corrected chi connectivity index (χ2v) is 8.37. The minimum absolute atomic E-state index is 0.299. The Bertz CT molecular complexity index is 1190. The topological polar surface area (TPSA) is 62.0 Å². The van der Waals surface area contributed by atoms with Gasteiger partial charge in [-0.1, -0.05) is 48.0 Å². The Kier molecular flexibility index (Phi) is 4.24. The van der Waals surface area contributed by atoms with Gasteiger partial charge >= 0.3 is 0 Å². The number of hydrogen-bond acceptors (Lipinski definition) is 2. The largest absolute Gasteiger partial charge is 0.355 e. The summed E-state index contributed by atoms with van der Waals surface area (Å²) in [5, 5.41) is 1.15. The van der Waals surface area contributed by atoms with Gasteiger partial charge in [-0.2, -0.15) is 0 Å². The van der Waals surface area contributed by atoms with Crippen molar-refractivity contribution in [2.24, 2.45) is 0 Å². The van der Waals surface area contributed by atoms with E-state index in [1.54, 1.807) is 31.2 Å². The molecule has 4 aromatic rings. The third kappa shape index (κ3) is 3.46. The highest BCUT2D eigenvalue weighted by Crippen LogP contribution is 2.26. The van der Waals surface area contributed by atoms with Crippen molar-refractivity contribution in [2.75, 3.05) is 4.72 Å². The molecule has 5 heteroatoms. The van der Waals surface area contributed by atoms with E-state index in [1.807, 2.05) is 43.3 Å². The number of fused-ring (bicyclic) bond motifs is 1. The molecular weight excluding hydrogens is 356 g/mol. The van der Waals surface area contributed by atoms with E-state index in [0.717, 1.165) is 33.3 Å². The summed E-state index contributed by atoms with van der Waals surface area (Å²) in [6.07, 6.45) is 0. The van der Waals surface area contributed by atoms with Crippen molar-refractivity contribution in [2.45, 2.75) is 18.7 Å². The van der Waals surface area contributed by atoms with E-state index in [4.69, 9.17) is 0 Å². The summed E-state index contributed by atoms with van der Waals surface area (Å²) in [6, 6.07) is 22.9. The van der Waals surface area contributed by atoms with Crippen molar-refractivity contribution < 1.29 is 8.42 Å². The Hall–Kier alpha value is -3.05. The van der Waals surface area contributed by atoms with Crippen LogP contribution in [0.5, 0.6) is 0 Å². The Morgan fingerprint density at radius 2 is 1.59 bits per heavy atom. The number of anilines is 1. The lowest BCUT2D eigenvalue weighted by Crippen LogP contribution is -2.14. The fraction of sp³-hybridized carbons (Fsp3) is 0.0909. The maximum absolute atomic E-state index is 12.7.